The fourth-order valence-electron chi connectivity index (χ4n) is 0.597. The molecule has 0 aromatic heterocycles. The molecule has 0 rings (SSSR count). The summed E-state index contributed by atoms with van der Waals surface area (Å²) in [4.78, 5) is 11.1. The lowest BCUT2D eigenvalue weighted by Crippen LogP contribution is -2.26. The summed E-state index contributed by atoms with van der Waals surface area (Å²) in [5.74, 6) is 0.252. The molecule has 0 aliphatic rings. The van der Waals surface area contributed by atoms with Crippen LogP contribution in [0.2, 0.25) is 0 Å². The van der Waals surface area contributed by atoms with E-state index >= 15 is 0 Å². The van der Waals surface area contributed by atoms with Gasteiger partial charge in [-0.25, -0.2) is 0 Å². The lowest BCUT2D eigenvalue weighted by atomic mass is 9.89. The maximum atomic E-state index is 11.1. The minimum absolute atomic E-state index is 0.0162. The number of hydrogen-bond acceptors (Lipinski definition) is 1. The highest BCUT2D eigenvalue weighted by Crippen LogP contribution is 2.19. The van der Waals surface area contributed by atoms with Gasteiger partial charge in [0.15, 0.2) is 5.78 Å². The maximum Gasteiger partial charge on any atom is 0.151 e. The standard InChI is InChI=1S/C7H13BrO/c1-5(8)6(9)7(2,3)4/h5H,1-4H3/t5-/m1/s1. The molecule has 0 aromatic carbocycles. The SMILES string of the molecule is C[C@@H](Br)C(=O)C(C)(C)C. The zero-order valence-electron chi connectivity index (χ0n) is 6.36. The van der Waals surface area contributed by atoms with E-state index in [0.29, 0.717) is 0 Å². The van der Waals surface area contributed by atoms with Crippen LogP contribution in [0.1, 0.15) is 27.7 Å². The zero-order chi connectivity index (χ0) is 7.65. The van der Waals surface area contributed by atoms with E-state index in [2.05, 4.69) is 15.9 Å². The van der Waals surface area contributed by atoms with Crippen LogP contribution in [-0.4, -0.2) is 10.6 Å². The van der Waals surface area contributed by atoms with Crippen molar-refractivity contribution in [3.63, 3.8) is 0 Å². The highest BCUT2D eigenvalue weighted by atomic mass is 79.9. The lowest BCUT2D eigenvalue weighted by molar-refractivity contribution is -0.125. The molecule has 0 spiro atoms. The van der Waals surface area contributed by atoms with Crippen molar-refractivity contribution in [1.82, 2.24) is 0 Å². The van der Waals surface area contributed by atoms with Crippen molar-refractivity contribution in [3.05, 3.63) is 0 Å². The van der Waals surface area contributed by atoms with E-state index in [1.807, 2.05) is 27.7 Å². The van der Waals surface area contributed by atoms with Crippen molar-refractivity contribution in [2.45, 2.75) is 32.5 Å². The van der Waals surface area contributed by atoms with E-state index < -0.39 is 0 Å². The number of rotatable bonds is 1. The van der Waals surface area contributed by atoms with Gasteiger partial charge in [0.2, 0.25) is 0 Å². The Bertz CT molecular complexity index is 111. The number of carbonyl (C=O) groups excluding carboxylic acids is 1. The molecule has 0 bridgehead atoms. The number of hydrogen-bond donors (Lipinski definition) is 0. The molecule has 0 aromatic rings. The molecule has 0 amide bonds. The Kier molecular flexibility index (Phi) is 2.87. The first-order chi connectivity index (χ1) is 3.85. The molecule has 0 saturated heterocycles. The Morgan fingerprint density at radius 1 is 1.44 bits per heavy atom. The highest BCUT2D eigenvalue weighted by Gasteiger charge is 2.24. The second-order valence-electron chi connectivity index (χ2n) is 3.23. The Balaban J connectivity index is 4.06. The molecule has 0 saturated carbocycles. The molecule has 9 heavy (non-hydrogen) atoms. The largest absolute Gasteiger partial charge is 0.298 e. The first-order valence-corrected chi connectivity index (χ1v) is 3.95. The van der Waals surface area contributed by atoms with Crippen LogP contribution in [-0.2, 0) is 4.79 Å². The van der Waals surface area contributed by atoms with Gasteiger partial charge < -0.3 is 0 Å². The van der Waals surface area contributed by atoms with Crippen LogP contribution >= 0.6 is 15.9 Å². The fraction of sp³-hybridized carbons (Fsp3) is 0.857. The van der Waals surface area contributed by atoms with Gasteiger partial charge in [0.1, 0.15) is 0 Å². The fourth-order valence-corrected chi connectivity index (χ4v) is 1.28. The molecular formula is C7H13BrO. The minimum Gasteiger partial charge on any atom is -0.298 e. The maximum absolute atomic E-state index is 11.1. The number of alkyl halides is 1. The van der Waals surface area contributed by atoms with Crippen molar-refractivity contribution in [3.8, 4) is 0 Å². The first kappa shape index (κ1) is 9.15. The molecule has 0 aliphatic carbocycles. The molecule has 1 nitrogen and oxygen atoms in total. The molecule has 0 unspecified atom stereocenters. The van der Waals surface area contributed by atoms with Crippen molar-refractivity contribution in [1.29, 1.82) is 0 Å². The van der Waals surface area contributed by atoms with Crippen LogP contribution in [0.5, 0.6) is 0 Å². The molecule has 54 valence electrons. The average molecular weight is 193 g/mol. The van der Waals surface area contributed by atoms with E-state index in [0.717, 1.165) is 0 Å². The van der Waals surface area contributed by atoms with Gasteiger partial charge in [0, 0.05) is 5.41 Å². The van der Waals surface area contributed by atoms with Gasteiger partial charge >= 0.3 is 0 Å². The minimum atomic E-state index is -0.205. The molecule has 2 heteroatoms. The summed E-state index contributed by atoms with van der Waals surface area (Å²) in [6, 6.07) is 0. The summed E-state index contributed by atoms with van der Waals surface area (Å²) in [5, 5.41) is 0. The van der Waals surface area contributed by atoms with Crippen LogP contribution in [0.4, 0.5) is 0 Å². The molecule has 0 radical (unpaired) electrons. The number of Topliss-reactive ketones (excluding diaryl/α,β-unsaturated/α-hetero) is 1. The first-order valence-electron chi connectivity index (χ1n) is 3.04. The van der Waals surface area contributed by atoms with Crippen molar-refractivity contribution < 1.29 is 4.79 Å². The van der Waals surface area contributed by atoms with Crippen LogP contribution in [0.3, 0.4) is 0 Å². The zero-order valence-corrected chi connectivity index (χ0v) is 7.95. The number of carbonyl (C=O) groups is 1. The monoisotopic (exact) mass is 192 g/mol. The van der Waals surface area contributed by atoms with E-state index in [-0.39, 0.29) is 16.0 Å². The lowest BCUT2D eigenvalue weighted by Gasteiger charge is -2.17. The van der Waals surface area contributed by atoms with Gasteiger partial charge in [-0.2, -0.15) is 0 Å². The summed E-state index contributed by atoms with van der Waals surface area (Å²) in [6.45, 7) is 7.63. The third-order valence-corrected chi connectivity index (χ3v) is 1.52. The van der Waals surface area contributed by atoms with E-state index in [4.69, 9.17) is 0 Å². The van der Waals surface area contributed by atoms with E-state index in [9.17, 15) is 4.79 Å². The smallest absolute Gasteiger partial charge is 0.151 e. The molecule has 0 N–H and O–H groups in total. The average Bonchev–Trinajstić information content (AvgIpc) is 1.62. The summed E-state index contributed by atoms with van der Waals surface area (Å²) >= 11 is 3.23. The number of ketones is 1. The molecule has 0 fully saturated rings. The van der Waals surface area contributed by atoms with Crippen LogP contribution in [0.25, 0.3) is 0 Å². The van der Waals surface area contributed by atoms with E-state index in [1.54, 1.807) is 0 Å². The predicted molar refractivity (Wildman–Crippen MR) is 42.9 cm³/mol. The molecule has 0 aliphatic heterocycles. The second kappa shape index (κ2) is 2.82. The van der Waals surface area contributed by atoms with Gasteiger partial charge in [-0.1, -0.05) is 36.7 Å². The Morgan fingerprint density at radius 3 is 1.78 bits per heavy atom. The Hall–Kier alpha value is 0.150. The summed E-state index contributed by atoms with van der Waals surface area (Å²) in [5.41, 5.74) is -0.205. The quantitative estimate of drug-likeness (QED) is 0.584. The molecule has 1 atom stereocenters. The van der Waals surface area contributed by atoms with Crippen LogP contribution in [0, 0.1) is 5.41 Å². The van der Waals surface area contributed by atoms with Gasteiger partial charge in [-0.15, -0.1) is 0 Å². The number of halogens is 1. The Morgan fingerprint density at radius 2 is 1.78 bits per heavy atom. The second-order valence-corrected chi connectivity index (χ2v) is 4.60. The normalized spacial score (nSPS) is 15.2. The Labute approximate surface area is 65.0 Å². The van der Waals surface area contributed by atoms with Crippen LogP contribution in [0.15, 0.2) is 0 Å². The topological polar surface area (TPSA) is 17.1 Å². The van der Waals surface area contributed by atoms with Crippen molar-refractivity contribution in [2.24, 2.45) is 5.41 Å². The van der Waals surface area contributed by atoms with Gasteiger partial charge in [-0.05, 0) is 6.92 Å². The van der Waals surface area contributed by atoms with Crippen molar-refractivity contribution >= 4 is 21.7 Å². The van der Waals surface area contributed by atoms with E-state index in [1.165, 1.54) is 0 Å². The van der Waals surface area contributed by atoms with Gasteiger partial charge in [0.05, 0.1) is 4.83 Å². The molecule has 0 heterocycles. The van der Waals surface area contributed by atoms with Gasteiger partial charge in [-0.3, -0.25) is 4.79 Å². The van der Waals surface area contributed by atoms with Gasteiger partial charge in [0.25, 0.3) is 0 Å². The predicted octanol–water partition coefficient (Wildman–Crippen LogP) is 2.39. The molecular weight excluding hydrogens is 180 g/mol. The summed E-state index contributed by atoms with van der Waals surface area (Å²) in [6.07, 6.45) is 0. The third kappa shape index (κ3) is 2.99. The van der Waals surface area contributed by atoms with Crippen LogP contribution < -0.4 is 0 Å². The highest BCUT2D eigenvalue weighted by molar-refractivity contribution is 9.10. The third-order valence-electron chi connectivity index (χ3n) is 1.10. The summed E-state index contributed by atoms with van der Waals surface area (Å²) < 4.78 is 0. The van der Waals surface area contributed by atoms with Crippen molar-refractivity contribution in [2.75, 3.05) is 0 Å². The summed E-state index contributed by atoms with van der Waals surface area (Å²) in [7, 11) is 0.